The molecule has 0 spiro atoms. The van der Waals surface area contributed by atoms with E-state index in [2.05, 4.69) is 11.0 Å². The quantitative estimate of drug-likeness (QED) is 0.813. The second-order valence-corrected chi connectivity index (χ2v) is 4.48. The third kappa shape index (κ3) is 1.82. The maximum Gasteiger partial charge on any atom is 0.125 e. The summed E-state index contributed by atoms with van der Waals surface area (Å²) in [7, 11) is 0. The predicted molar refractivity (Wildman–Crippen MR) is 69.9 cm³/mol. The van der Waals surface area contributed by atoms with Crippen molar-refractivity contribution in [2.24, 2.45) is 0 Å². The van der Waals surface area contributed by atoms with Gasteiger partial charge in [0.1, 0.15) is 11.6 Å². The van der Waals surface area contributed by atoms with Crippen LogP contribution in [0.4, 0.5) is 10.1 Å². The SMILES string of the molecule is OC1=CCN(c2cccc(F)c2)C2=C1C=CCC2. The topological polar surface area (TPSA) is 23.5 Å². The monoisotopic (exact) mass is 243 g/mol. The number of anilines is 1. The summed E-state index contributed by atoms with van der Waals surface area (Å²) < 4.78 is 13.3. The summed E-state index contributed by atoms with van der Waals surface area (Å²) in [5.74, 6) is 0.0911. The summed E-state index contributed by atoms with van der Waals surface area (Å²) in [6.07, 6.45) is 7.59. The molecule has 3 rings (SSSR count). The number of benzene rings is 1. The van der Waals surface area contributed by atoms with Crippen molar-refractivity contribution in [2.75, 3.05) is 11.4 Å². The second kappa shape index (κ2) is 4.33. The van der Waals surface area contributed by atoms with Gasteiger partial charge in [0.25, 0.3) is 0 Å². The van der Waals surface area contributed by atoms with Crippen molar-refractivity contribution in [3.8, 4) is 0 Å². The number of halogens is 1. The molecule has 0 bridgehead atoms. The van der Waals surface area contributed by atoms with Crippen molar-refractivity contribution in [1.82, 2.24) is 0 Å². The van der Waals surface area contributed by atoms with Gasteiger partial charge in [0.15, 0.2) is 0 Å². The minimum atomic E-state index is -0.236. The summed E-state index contributed by atoms with van der Waals surface area (Å²) in [5, 5.41) is 9.87. The highest BCUT2D eigenvalue weighted by Crippen LogP contribution is 2.33. The first kappa shape index (κ1) is 11.1. The molecule has 0 aromatic heterocycles. The maximum atomic E-state index is 13.3. The molecule has 1 N–H and O–H groups in total. The molecule has 3 heteroatoms. The minimum absolute atomic E-state index is 0.236. The van der Waals surface area contributed by atoms with E-state index in [-0.39, 0.29) is 5.82 Å². The number of aliphatic hydroxyl groups is 1. The molecule has 0 saturated heterocycles. The molecule has 2 nitrogen and oxygen atoms in total. The van der Waals surface area contributed by atoms with Crippen molar-refractivity contribution in [2.45, 2.75) is 12.8 Å². The Bertz CT molecular complexity index is 572. The largest absolute Gasteiger partial charge is 0.508 e. The highest BCUT2D eigenvalue weighted by molar-refractivity contribution is 5.60. The van der Waals surface area contributed by atoms with Crippen LogP contribution < -0.4 is 4.90 Å². The third-order valence-corrected chi connectivity index (χ3v) is 3.33. The fourth-order valence-corrected chi connectivity index (χ4v) is 2.47. The first-order valence-corrected chi connectivity index (χ1v) is 6.08. The Labute approximate surface area is 105 Å². The molecule has 0 unspecified atom stereocenters. The molecular formula is C15H14FNO. The van der Waals surface area contributed by atoms with Crippen LogP contribution in [0.1, 0.15) is 12.8 Å². The number of hydrogen-bond acceptors (Lipinski definition) is 2. The smallest absolute Gasteiger partial charge is 0.125 e. The van der Waals surface area contributed by atoms with Crippen LogP contribution >= 0.6 is 0 Å². The molecule has 1 aromatic rings. The number of allylic oxidation sites excluding steroid dienone is 3. The molecule has 1 aromatic carbocycles. The van der Waals surface area contributed by atoms with Crippen LogP contribution in [0, 0.1) is 5.82 Å². The van der Waals surface area contributed by atoms with Crippen molar-refractivity contribution in [3.05, 3.63) is 65.3 Å². The Morgan fingerprint density at radius 3 is 3.00 bits per heavy atom. The number of nitrogens with zero attached hydrogens (tertiary/aromatic N) is 1. The Morgan fingerprint density at radius 2 is 2.17 bits per heavy atom. The summed E-state index contributed by atoms with van der Waals surface area (Å²) in [4.78, 5) is 2.06. The summed E-state index contributed by atoms with van der Waals surface area (Å²) in [6, 6.07) is 6.57. The van der Waals surface area contributed by atoms with E-state index in [0.29, 0.717) is 12.3 Å². The Hall–Kier alpha value is -2.03. The summed E-state index contributed by atoms with van der Waals surface area (Å²) in [5.41, 5.74) is 2.77. The molecule has 0 atom stereocenters. The lowest BCUT2D eigenvalue weighted by Crippen LogP contribution is -2.28. The van der Waals surface area contributed by atoms with E-state index in [0.717, 1.165) is 29.8 Å². The second-order valence-electron chi connectivity index (χ2n) is 4.48. The van der Waals surface area contributed by atoms with Gasteiger partial charge in [-0.25, -0.2) is 4.39 Å². The zero-order chi connectivity index (χ0) is 12.5. The summed E-state index contributed by atoms with van der Waals surface area (Å²) in [6.45, 7) is 0.585. The van der Waals surface area contributed by atoms with Crippen LogP contribution in [0.5, 0.6) is 0 Å². The lowest BCUT2D eigenvalue weighted by atomic mass is 9.97. The Kier molecular flexibility index (Phi) is 2.67. The third-order valence-electron chi connectivity index (χ3n) is 3.33. The van der Waals surface area contributed by atoms with Gasteiger partial charge in [0.2, 0.25) is 0 Å². The average molecular weight is 243 g/mol. The van der Waals surface area contributed by atoms with Crippen LogP contribution in [-0.4, -0.2) is 11.7 Å². The van der Waals surface area contributed by atoms with Crippen LogP contribution in [-0.2, 0) is 0 Å². The van der Waals surface area contributed by atoms with Crippen molar-refractivity contribution >= 4 is 5.69 Å². The minimum Gasteiger partial charge on any atom is -0.508 e. The fraction of sp³-hybridized carbons (Fsp3) is 0.200. The van der Waals surface area contributed by atoms with E-state index in [1.807, 2.05) is 12.1 Å². The number of rotatable bonds is 1. The number of aliphatic hydroxyl groups excluding tert-OH is 1. The van der Waals surface area contributed by atoms with Gasteiger partial charge in [0.05, 0.1) is 0 Å². The van der Waals surface area contributed by atoms with Gasteiger partial charge >= 0.3 is 0 Å². The Morgan fingerprint density at radius 1 is 1.28 bits per heavy atom. The zero-order valence-electron chi connectivity index (χ0n) is 9.94. The van der Waals surface area contributed by atoms with Crippen molar-refractivity contribution < 1.29 is 9.50 Å². The van der Waals surface area contributed by atoms with Gasteiger partial charge in [-0.05, 0) is 37.1 Å². The molecule has 0 radical (unpaired) electrons. The van der Waals surface area contributed by atoms with Gasteiger partial charge in [-0.3, -0.25) is 0 Å². The zero-order valence-corrected chi connectivity index (χ0v) is 9.94. The molecule has 0 saturated carbocycles. The average Bonchev–Trinajstić information content (AvgIpc) is 2.39. The first-order valence-electron chi connectivity index (χ1n) is 6.08. The van der Waals surface area contributed by atoms with Gasteiger partial charge < -0.3 is 10.0 Å². The lowest BCUT2D eigenvalue weighted by Gasteiger charge is -2.32. The van der Waals surface area contributed by atoms with E-state index >= 15 is 0 Å². The highest BCUT2D eigenvalue weighted by Gasteiger charge is 2.22. The van der Waals surface area contributed by atoms with Gasteiger partial charge in [0, 0.05) is 23.5 Å². The Balaban J connectivity index is 2.04. The van der Waals surface area contributed by atoms with E-state index in [1.165, 1.54) is 12.1 Å². The molecular weight excluding hydrogens is 229 g/mol. The van der Waals surface area contributed by atoms with Crippen LogP contribution in [0.3, 0.4) is 0 Å². The fourth-order valence-electron chi connectivity index (χ4n) is 2.47. The highest BCUT2D eigenvalue weighted by atomic mass is 19.1. The molecule has 1 aliphatic heterocycles. The van der Waals surface area contributed by atoms with Gasteiger partial charge in [-0.2, -0.15) is 0 Å². The first-order chi connectivity index (χ1) is 8.75. The molecule has 18 heavy (non-hydrogen) atoms. The standard InChI is InChI=1S/C15H14FNO/c16-11-4-3-5-12(10-11)17-9-8-15(18)13-6-1-2-7-14(13)17/h1,3-6,8,10,18H,2,7,9H2. The normalized spacial score (nSPS) is 18.7. The van der Waals surface area contributed by atoms with E-state index in [4.69, 9.17) is 0 Å². The van der Waals surface area contributed by atoms with Crippen molar-refractivity contribution in [3.63, 3.8) is 0 Å². The molecule has 0 fully saturated rings. The van der Waals surface area contributed by atoms with E-state index < -0.39 is 0 Å². The molecule has 92 valence electrons. The number of hydrogen-bond donors (Lipinski definition) is 1. The van der Waals surface area contributed by atoms with Crippen LogP contribution in [0.15, 0.2) is 59.5 Å². The summed E-state index contributed by atoms with van der Waals surface area (Å²) >= 11 is 0. The molecule has 1 heterocycles. The van der Waals surface area contributed by atoms with Crippen molar-refractivity contribution in [1.29, 1.82) is 0 Å². The van der Waals surface area contributed by atoms with Crippen LogP contribution in [0.25, 0.3) is 0 Å². The van der Waals surface area contributed by atoms with E-state index in [1.54, 1.807) is 12.1 Å². The van der Waals surface area contributed by atoms with Gasteiger partial charge in [-0.15, -0.1) is 0 Å². The van der Waals surface area contributed by atoms with Crippen LogP contribution in [0.2, 0.25) is 0 Å². The van der Waals surface area contributed by atoms with E-state index in [9.17, 15) is 9.50 Å². The maximum absolute atomic E-state index is 13.3. The lowest BCUT2D eigenvalue weighted by molar-refractivity contribution is 0.418. The molecule has 1 aliphatic carbocycles. The predicted octanol–water partition coefficient (Wildman–Crippen LogP) is 3.69. The van der Waals surface area contributed by atoms with Gasteiger partial charge in [-0.1, -0.05) is 18.2 Å². The molecule has 2 aliphatic rings. The molecule has 0 amide bonds.